The number of aryl methyl sites for hydroxylation is 1. The fourth-order valence-electron chi connectivity index (χ4n) is 3.15. The standard InChI is InChI=1S/C18H12ClN5.C4H9NO.C2H2/c1-11-22-23-17-10-21-18(13-3-5-14(19)6-4-13)15-8-12(9-20)2-7-16(15)24(11)17;1-3-5-4(2)6;1-2/h2-8H,10H2,1H3;3H2,1-2H3,(H,5,6);1-2H. The normalized spacial score (nSPS) is 11.0. The lowest BCUT2D eigenvalue weighted by molar-refractivity contribution is -0.118. The van der Waals surface area contributed by atoms with Crippen molar-refractivity contribution in [2.24, 2.45) is 4.99 Å². The lowest BCUT2D eigenvalue weighted by atomic mass is 9.98. The van der Waals surface area contributed by atoms with E-state index in [1.807, 2.05) is 54.8 Å². The summed E-state index contributed by atoms with van der Waals surface area (Å²) in [4.78, 5) is 14.7. The molecule has 0 saturated heterocycles. The lowest BCUT2D eigenvalue weighted by Crippen LogP contribution is -2.18. The van der Waals surface area contributed by atoms with Crippen LogP contribution >= 0.6 is 11.6 Å². The number of halogens is 1. The molecule has 0 bridgehead atoms. The van der Waals surface area contributed by atoms with E-state index in [4.69, 9.17) is 16.6 Å². The Hall–Kier alpha value is -3.94. The molecule has 0 fully saturated rings. The number of terminal acetylenes is 1. The Bertz CT molecular complexity index is 1190. The van der Waals surface area contributed by atoms with Crippen molar-refractivity contribution in [2.45, 2.75) is 27.3 Å². The summed E-state index contributed by atoms with van der Waals surface area (Å²) in [5, 5.41) is 20.9. The molecule has 1 aliphatic rings. The number of rotatable bonds is 2. The van der Waals surface area contributed by atoms with E-state index in [1.165, 1.54) is 6.92 Å². The summed E-state index contributed by atoms with van der Waals surface area (Å²) in [5.74, 6) is 1.61. The molecule has 1 aromatic heterocycles. The molecule has 2 heterocycles. The summed E-state index contributed by atoms with van der Waals surface area (Å²) in [5.41, 5.74) is 4.18. The fraction of sp³-hybridized carbons (Fsp3) is 0.208. The van der Waals surface area contributed by atoms with Crippen LogP contribution in [-0.4, -0.2) is 32.9 Å². The topological polar surface area (TPSA) is 96.0 Å². The minimum atomic E-state index is 0.0394. The monoisotopic (exact) mass is 446 g/mol. The largest absolute Gasteiger partial charge is 0.357 e. The number of hydrogen-bond acceptors (Lipinski definition) is 5. The quantitative estimate of drug-likeness (QED) is 0.605. The van der Waals surface area contributed by atoms with Gasteiger partial charge in [0.25, 0.3) is 0 Å². The summed E-state index contributed by atoms with van der Waals surface area (Å²) in [6, 6.07) is 15.3. The van der Waals surface area contributed by atoms with E-state index in [0.29, 0.717) is 17.1 Å². The number of aliphatic imine (C=N–C) groups is 1. The van der Waals surface area contributed by atoms with Crippen LogP contribution in [0.25, 0.3) is 5.69 Å². The minimum Gasteiger partial charge on any atom is -0.357 e. The predicted octanol–water partition coefficient (Wildman–Crippen LogP) is 3.84. The SMILES string of the molecule is C#C.CCNC(C)=O.Cc1nnc2n1-c1ccc(C#N)cc1C(c1ccc(Cl)cc1)=NC2. The van der Waals surface area contributed by atoms with Crippen LogP contribution in [0.1, 0.15) is 42.2 Å². The molecule has 0 saturated carbocycles. The molecule has 2 aromatic carbocycles. The summed E-state index contributed by atoms with van der Waals surface area (Å²) in [7, 11) is 0. The van der Waals surface area contributed by atoms with Gasteiger partial charge in [-0.25, -0.2) is 0 Å². The molecule has 7 nitrogen and oxygen atoms in total. The van der Waals surface area contributed by atoms with Crippen LogP contribution in [0.3, 0.4) is 0 Å². The number of nitrogens with zero attached hydrogens (tertiary/aromatic N) is 5. The van der Waals surface area contributed by atoms with Crippen molar-refractivity contribution in [2.75, 3.05) is 6.54 Å². The average molecular weight is 447 g/mol. The smallest absolute Gasteiger partial charge is 0.216 e. The van der Waals surface area contributed by atoms with Crippen LogP contribution in [0.2, 0.25) is 5.02 Å². The average Bonchev–Trinajstić information content (AvgIpc) is 3.08. The number of fused-ring (bicyclic) bond motifs is 3. The highest BCUT2D eigenvalue weighted by atomic mass is 35.5. The molecule has 0 atom stereocenters. The molecule has 32 heavy (non-hydrogen) atoms. The fourth-order valence-corrected chi connectivity index (χ4v) is 3.28. The third kappa shape index (κ3) is 5.60. The van der Waals surface area contributed by atoms with E-state index in [2.05, 4.69) is 34.4 Å². The maximum atomic E-state index is 9.93. The molecule has 1 amide bonds. The van der Waals surface area contributed by atoms with E-state index in [1.54, 1.807) is 6.07 Å². The van der Waals surface area contributed by atoms with Crippen molar-refractivity contribution in [3.05, 3.63) is 75.8 Å². The van der Waals surface area contributed by atoms with Crippen LogP contribution in [0, 0.1) is 31.1 Å². The van der Waals surface area contributed by atoms with Gasteiger partial charge in [-0.3, -0.25) is 14.4 Å². The second-order valence-electron chi connectivity index (χ2n) is 6.60. The van der Waals surface area contributed by atoms with E-state index < -0.39 is 0 Å². The zero-order valence-corrected chi connectivity index (χ0v) is 18.9. The molecule has 0 aliphatic carbocycles. The van der Waals surface area contributed by atoms with Crippen LogP contribution < -0.4 is 5.32 Å². The van der Waals surface area contributed by atoms with Crippen LogP contribution in [0.4, 0.5) is 0 Å². The molecule has 162 valence electrons. The summed E-state index contributed by atoms with van der Waals surface area (Å²) >= 11 is 6.00. The number of nitriles is 1. The Labute approximate surface area is 192 Å². The van der Waals surface area contributed by atoms with Gasteiger partial charge in [0.1, 0.15) is 12.4 Å². The Morgan fingerprint density at radius 2 is 1.91 bits per heavy atom. The van der Waals surface area contributed by atoms with Crippen molar-refractivity contribution >= 4 is 23.2 Å². The Kier molecular flexibility index (Phi) is 8.71. The molecule has 4 rings (SSSR count). The maximum Gasteiger partial charge on any atom is 0.216 e. The number of amides is 1. The first-order valence-corrected chi connectivity index (χ1v) is 10.2. The number of nitrogens with one attached hydrogen (secondary N) is 1. The molecule has 1 aliphatic heterocycles. The number of aromatic nitrogens is 3. The van der Waals surface area contributed by atoms with Crippen molar-refractivity contribution in [3.8, 4) is 24.6 Å². The molecule has 1 N–H and O–H groups in total. The van der Waals surface area contributed by atoms with Gasteiger partial charge in [-0.1, -0.05) is 23.7 Å². The van der Waals surface area contributed by atoms with Gasteiger partial charge in [0.15, 0.2) is 5.82 Å². The Morgan fingerprint density at radius 3 is 2.47 bits per heavy atom. The third-order valence-corrected chi connectivity index (χ3v) is 4.69. The van der Waals surface area contributed by atoms with Gasteiger partial charge in [0, 0.05) is 29.6 Å². The molecular weight excluding hydrogens is 424 g/mol. The van der Waals surface area contributed by atoms with E-state index in [-0.39, 0.29) is 5.91 Å². The van der Waals surface area contributed by atoms with Crippen LogP contribution in [0.15, 0.2) is 47.5 Å². The lowest BCUT2D eigenvalue weighted by Gasteiger charge is -2.13. The highest BCUT2D eigenvalue weighted by molar-refractivity contribution is 6.30. The first-order valence-electron chi connectivity index (χ1n) is 9.78. The first kappa shape index (κ1) is 24.3. The van der Waals surface area contributed by atoms with Gasteiger partial charge in [-0.05, 0) is 44.2 Å². The number of carbonyl (C=O) groups excluding carboxylic acids is 1. The van der Waals surface area contributed by atoms with Gasteiger partial charge < -0.3 is 5.32 Å². The highest BCUT2D eigenvalue weighted by Crippen LogP contribution is 2.27. The zero-order valence-electron chi connectivity index (χ0n) is 18.1. The first-order chi connectivity index (χ1) is 15.4. The zero-order chi connectivity index (χ0) is 23.7. The second kappa shape index (κ2) is 11.5. The predicted molar refractivity (Wildman–Crippen MR) is 126 cm³/mol. The van der Waals surface area contributed by atoms with Gasteiger partial charge >= 0.3 is 0 Å². The minimum absolute atomic E-state index is 0.0394. The summed E-state index contributed by atoms with van der Waals surface area (Å²) in [6.07, 6.45) is 8.00. The molecular formula is C24H23ClN6O. The molecule has 0 spiro atoms. The number of benzene rings is 2. The van der Waals surface area contributed by atoms with Crippen molar-refractivity contribution < 1.29 is 4.79 Å². The highest BCUT2D eigenvalue weighted by Gasteiger charge is 2.21. The Morgan fingerprint density at radius 1 is 1.22 bits per heavy atom. The van der Waals surface area contributed by atoms with Crippen LogP contribution in [0.5, 0.6) is 0 Å². The maximum absolute atomic E-state index is 9.93. The van der Waals surface area contributed by atoms with E-state index in [9.17, 15) is 10.1 Å². The summed E-state index contributed by atoms with van der Waals surface area (Å²) in [6.45, 7) is 6.46. The van der Waals surface area contributed by atoms with Crippen molar-refractivity contribution in [1.29, 1.82) is 5.26 Å². The summed E-state index contributed by atoms with van der Waals surface area (Å²) < 4.78 is 1.99. The van der Waals surface area contributed by atoms with Gasteiger partial charge in [-0.15, -0.1) is 23.0 Å². The van der Waals surface area contributed by atoms with E-state index in [0.717, 1.165) is 40.7 Å². The van der Waals surface area contributed by atoms with Gasteiger partial charge in [0.05, 0.1) is 23.0 Å². The number of hydrogen-bond donors (Lipinski definition) is 1. The van der Waals surface area contributed by atoms with Gasteiger partial charge in [0.2, 0.25) is 5.91 Å². The van der Waals surface area contributed by atoms with Crippen molar-refractivity contribution in [1.82, 2.24) is 20.1 Å². The number of carbonyl (C=O) groups is 1. The third-order valence-electron chi connectivity index (χ3n) is 4.44. The molecule has 3 aromatic rings. The molecule has 0 unspecified atom stereocenters. The van der Waals surface area contributed by atoms with Crippen molar-refractivity contribution in [3.63, 3.8) is 0 Å². The van der Waals surface area contributed by atoms with Gasteiger partial charge in [-0.2, -0.15) is 5.26 Å². The van der Waals surface area contributed by atoms with E-state index >= 15 is 0 Å². The molecule has 0 radical (unpaired) electrons. The second-order valence-corrected chi connectivity index (χ2v) is 7.04. The van der Waals surface area contributed by atoms with Crippen LogP contribution in [-0.2, 0) is 11.3 Å². The Balaban J connectivity index is 0.000000396. The molecule has 8 heteroatoms.